The van der Waals surface area contributed by atoms with E-state index in [1.807, 2.05) is 0 Å². The third-order valence-electron chi connectivity index (χ3n) is 5.48. The summed E-state index contributed by atoms with van der Waals surface area (Å²) in [6.07, 6.45) is 5.75. The second-order valence-corrected chi connectivity index (χ2v) is 9.08. The van der Waals surface area contributed by atoms with Crippen molar-refractivity contribution in [1.29, 1.82) is 0 Å². The zero-order chi connectivity index (χ0) is 18.2. The summed E-state index contributed by atoms with van der Waals surface area (Å²) >= 11 is 0. The number of rotatable bonds is 6. The number of ether oxygens (including phenoxy) is 1. The number of hydrogen-bond donors (Lipinski definition) is 1. The lowest BCUT2D eigenvalue weighted by molar-refractivity contribution is -0.122. The van der Waals surface area contributed by atoms with Gasteiger partial charge in [-0.25, -0.2) is 8.42 Å². The Balaban J connectivity index is 1.76. The highest BCUT2D eigenvalue weighted by Crippen LogP contribution is 2.44. The summed E-state index contributed by atoms with van der Waals surface area (Å²) in [6, 6.07) is 6.07. The van der Waals surface area contributed by atoms with Crippen LogP contribution >= 0.6 is 0 Å². The van der Waals surface area contributed by atoms with Gasteiger partial charge in [0.15, 0.2) is 0 Å². The number of fused-ring (bicyclic) bond motifs is 2. The predicted molar refractivity (Wildman–Crippen MR) is 97.2 cm³/mol. The highest BCUT2D eigenvalue weighted by molar-refractivity contribution is 7.92. The molecule has 7 heteroatoms. The average molecular weight is 366 g/mol. The fourth-order valence-corrected chi connectivity index (χ4v) is 5.44. The van der Waals surface area contributed by atoms with Gasteiger partial charge in [-0.2, -0.15) is 0 Å². The molecule has 0 radical (unpaired) electrons. The van der Waals surface area contributed by atoms with Gasteiger partial charge in [0.2, 0.25) is 15.9 Å². The molecule has 138 valence electrons. The molecule has 2 aliphatic carbocycles. The molecule has 0 aliphatic heterocycles. The van der Waals surface area contributed by atoms with Gasteiger partial charge in [-0.15, -0.1) is 0 Å². The standard InChI is InChI=1S/C18H26N2O4S/c1-12(18(21)19-17-11-13-4-5-14(17)10-13)20(25(3,22)23)15-6-8-16(24-2)9-7-15/h6-9,12-14,17H,4-5,10-11H2,1-3H3,(H,19,21)/t12-,13+,14-,17-/m0/s1. The second kappa shape index (κ2) is 6.86. The van der Waals surface area contributed by atoms with E-state index in [1.54, 1.807) is 38.3 Å². The van der Waals surface area contributed by atoms with Gasteiger partial charge in [-0.1, -0.05) is 6.42 Å². The molecule has 2 aliphatic rings. The van der Waals surface area contributed by atoms with Gasteiger partial charge in [0, 0.05) is 6.04 Å². The second-order valence-electron chi connectivity index (χ2n) is 7.22. The number of carbonyl (C=O) groups is 1. The van der Waals surface area contributed by atoms with Crippen molar-refractivity contribution in [3.05, 3.63) is 24.3 Å². The van der Waals surface area contributed by atoms with Crippen molar-refractivity contribution in [2.24, 2.45) is 11.8 Å². The van der Waals surface area contributed by atoms with Gasteiger partial charge >= 0.3 is 0 Å². The fourth-order valence-electron chi connectivity index (χ4n) is 4.26. The Bertz CT molecular complexity index is 732. The van der Waals surface area contributed by atoms with E-state index in [4.69, 9.17) is 4.74 Å². The molecule has 0 spiro atoms. The molecule has 0 unspecified atom stereocenters. The molecule has 2 fully saturated rings. The molecule has 0 heterocycles. The minimum Gasteiger partial charge on any atom is -0.497 e. The van der Waals surface area contributed by atoms with Crippen LogP contribution in [0.15, 0.2) is 24.3 Å². The van der Waals surface area contributed by atoms with Crippen LogP contribution in [0.25, 0.3) is 0 Å². The lowest BCUT2D eigenvalue weighted by Crippen LogP contribution is -2.51. The number of sulfonamides is 1. The summed E-state index contributed by atoms with van der Waals surface area (Å²) in [5, 5.41) is 3.09. The van der Waals surface area contributed by atoms with E-state index in [-0.39, 0.29) is 11.9 Å². The molecule has 0 saturated heterocycles. The van der Waals surface area contributed by atoms with Crippen LogP contribution in [0.1, 0.15) is 32.6 Å². The third-order valence-corrected chi connectivity index (χ3v) is 6.72. The Morgan fingerprint density at radius 2 is 1.92 bits per heavy atom. The first-order chi connectivity index (χ1) is 11.8. The normalized spacial score (nSPS) is 26.3. The molecule has 1 amide bonds. The Labute approximate surface area is 149 Å². The van der Waals surface area contributed by atoms with Gasteiger partial charge in [0.1, 0.15) is 11.8 Å². The molecule has 4 atom stereocenters. The SMILES string of the molecule is COc1ccc(N([C@@H](C)C(=O)N[C@H]2C[C@@H]3CC[C@H]2C3)S(C)(=O)=O)cc1. The quantitative estimate of drug-likeness (QED) is 0.837. The van der Waals surface area contributed by atoms with Gasteiger partial charge in [-0.05, 0) is 62.3 Å². The monoisotopic (exact) mass is 366 g/mol. The topological polar surface area (TPSA) is 75.7 Å². The van der Waals surface area contributed by atoms with Crippen LogP contribution in [0.4, 0.5) is 5.69 Å². The molecule has 1 N–H and O–H groups in total. The largest absolute Gasteiger partial charge is 0.497 e. The average Bonchev–Trinajstić information content (AvgIpc) is 3.17. The predicted octanol–water partition coefficient (Wildman–Crippen LogP) is 2.15. The molecular weight excluding hydrogens is 340 g/mol. The molecule has 2 bridgehead atoms. The number of anilines is 1. The zero-order valence-electron chi connectivity index (χ0n) is 14.9. The highest BCUT2D eigenvalue weighted by atomic mass is 32.2. The van der Waals surface area contributed by atoms with Gasteiger partial charge in [0.05, 0.1) is 19.1 Å². The minimum absolute atomic E-state index is 0.186. The maximum Gasteiger partial charge on any atom is 0.243 e. The van der Waals surface area contributed by atoms with Crippen LogP contribution in [0.5, 0.6) is 5.75 Å². The van der Waals surface area contributed by atoms with Crippen molar-refractivity contribution in [2.45, 2.75) is 44.7 Å². The number of carbonyl (C=O) groups excluding carboxylic acids is 1. The van der Waals surface area contributed by atoms with Crippen molar-refractivity contribution in [3.8, 4) is 5.75 Å². The highest BCUT2D eigenvalue weighted by Gasteiger charge is 2.41. The molecule has 0 aromatic heterocycles. The fraction of sp³-hybridized carbons (Fsp3) is 0.611. The molecule has 6 nitrogen and oxygen atoms in total. The van der Waals surface area contributed by atoms with E-state index in [1.165, 1.54) is 17.1 Å². The van der Waals surface area contributed by atoms with Crippen LogP contribution in [-0.2, 0) is 14.8 Å². The zero-order valence-corrected chi connectivity index (χ0v) is 15.8. The van der Waals surface area contributed by atoms with E-state index in [0.29, 0.717) is 17.4 Å². The summed E-state index contributed by atoms with van der Waals surface area (Å²) in [5.74, 6) is 1.67. The lowest BCUT2D eigenvalue weighted by atomic mass is 9.95. The molecule has 1 aromatic carbocycles. The summed E-state index contributed by atoms with van der Waals surface area (Å²) in [6.45, 7) is 1.63. The number of nitrogens with zero attached hydrogens (tertiary/aromatic N) is 1. The summed E-state index contributed by atoms with van der Waals surface area (Å²) in [4.78, 5) is 12.7. The maximum atomic E-state index is 12.7. The van der Waals surface area contributed by atoms with E-state index < -0.39 is 16.1 Å². The number of amides is 1. The first kappa shape index (κ1) is 18.0. The Morgan fingerprint density at radius 3 is 2.40 bits per heavy atom. The van der Waals surface area contributed by atoms with Crippen LogP contribution in [-0.4, -0.2) is 39.8 Å². The number of nitrogens with one attached hydrogen (secondary N) is 1. The van der Waals surface area contributed by atoms with Crippen LogP contribution in [0, 0.1) is 11.8 Å². The third kappa shape index (κ3) is 3.76. The van der Waals surface area contributed by atoms with Crippen LogP contribution < -0.4 is 14.4 Å². The lowest BCUT2D eigenvalue weighted by Gasteiger charge is -2.31. The first-order valence-corrected chi connectivity index (χ1v) is 10.6. The first-order valence-electron chi connectivity index (χ1n) is 8.73. The van der Waals surface area contributed by atoms with Crippen molar-refractivity contribution < 1.29 is 17.9 Å². The van der Waals surface area contributed by atoms with Gasteiger partial charge in [-0.3, -0.25) is 9.10 Å². The molecule has 25 heavy (non-hydrogen) atoms. The Kier molecular flexibility index (Phi) is 4.95. The minimum atomic E-state index is -3.59. The number of hydrogen-bond acceptors (Lipinski definition) is 4. The molecule has 1 aromatic rings. The number of methoxy groups -OCH3 is 1. The summed E-state index contributed by atoms with van der Waals surface area (Å²) < 4.78 is 30.9. The van der Waals surface area contributed by atoms with E-state index >= 15 is 0 Å². The number of benzene rings is 1. The van der Waals surface area contributed by atoms with Crippen molar-refractivity contribution in [3.63, 3.8) is 0 Å². The van der Waals surface area contributed by atoms with Gasteiger partial charge in [0.25, 0.3) is 0 Å². The summed E-state index contributed by atoms with van der Waals surface area (Å²) in [7, 11) is -2.04. The van der Waals surface area contributed by atoms with Crippen molar-refractivity contribution in [1.82, 2.24) is 5.32 Å². The van der Waals surface area contributed by atoms with Crippen molar-refractivity contribution in [2.75, 3.05) is 17.7 Å². The van der Waals surface area contributed by atoms with Crippen LogP contribution in [0.2, 0.25) is 0 Å². The Morgan fingerprint density at radius 1 is 1.24 bits per heavy atom. The molecule has 3 rings (SSSR count). The van der Waals surface area contributed by atoms with Crippen molar-refractivity contribution >= 4 is 21.6 Å². The summed E-state index contributed by atoms with van der Waals surface area (Å²) in [5.41, 5.74) is 0.457. The Hall–Kier alpha value is -1.76. The molecular formula is C18H26N2O4S. The van der Waals surface area contributed by atoms with E-state index in [0.717, 1.165) is 25.0 Å². The maximum absolute atomic E-state index is 12.7. The van der Waals surface area contributed by atoms with E-state index in [2.05, 4.69) is 5.32 Å². The smallest absolute Gasteiger partial charge is 0.243 e. The van der Waals surface area contributed by atoms with Crippen LogP contribution in [0.3, 0.4) is 0 Å². The van der Waals surface area contributed by atoms with Gasteiger partial charge < -0.3 is 10.1 Å². The molecule has 2 saturated carbocycles. The van der Waals surface area contributed by atoms with E-state index in [9.17, 15) is 13.2 Å².